The molecule has 1 N–H and O–H groups in total. The molecule has 12 heteroatoms. The summed E-state index contributed by atoms with van der Waals surface area (Å²) < 4.78 is 94.7. The van der Waals surface area contributed by atoms with Gasteiger partial charge in [-0.2, -0.15) is 35.8 Å². The zero-order valence-electron chi connectivity index (χ0n) is 12.6. The smallest absolute Gasteiger partial charge is 0.381 e. The number of amides is 1. The molecule has 1 aliphatic rings. The summed E-state index contributed by atoms with van der Waals surface area (Å²) in [5, 5.41) is 5.10. The summed E-state index contributed by atoms with van der Waals surface area (Å²) in [5.74, 6) is -15.0. The van der Waals surface area contributed by atoms with Gasteiger partial charge in [-0.15, -0.1) is 0 Å². The molecule has 0 saturated carbocycles. The van der Waals surface area contributed by atoms with Crippen molar-refractivity contribution < 1.29 is 40.3 Å². The second-order valence-corrected chi connectivity index (χ2v) is 5.61. The Morgan fingerprint density at radius 1 is 1.20 bits per heavy atom. The summed E-state index contributed by atoms with van der Waals surface area (Å²) in [6, 6.07) is 0. The highest BCUT2D eigenvalue weighted by Crippen LogP contribution is 2.46. The minimum absolute atomic E-state index is 0.188. The first-order valence-electron chi connectivity index (χ1n) is 7.19. The van der Waals surface area contributed by atoms with Crippen molar-refractivity contribution in [3.05, 3.63) is 12.4 Å². The maximum atomic E-state index is 13.2. The van der Waals surface area contributed by atoms with Crippen LogP contribution in [0.3, 0.4) is 0 Å². The summed E-state index contributed by atoms with van der Waals surface area (Å²) in [4.78, 5) is 11.2. The molecule has 25 heavy (non-hydrogen) atoms. The number of hydrogen-bond donors (Lipinski definition) is 1. The molecule has 0 radical (unpaired) electrons. The van der Waals surface area contributed by atoms with Gasteiger partial charge in [0.25, 0.3) is 0 Å². The van der Waals surface area contributed by atoms with Crippen LogP contribution in [-0.2, 0) is 16.1 Å². The van der Waals surface area contributed by atoms with Gasteiger partial charge in [0.2, 0.25) is 0 Å². The third kappa shape index (κ3) is 4.05. The average Bonchev–Trinajstić information content (AvgIpc) is 2.94. The SMILES string of the molecule is O=C(Nc1cnn(CC2CCOCC2)c1)C(F)(F)C(F)(F)C(F)(F)F. The van der Waals surface area contributed by atoms with E-state index in [1.165, 1.54) is 10.00 Å². The first kappa shape index (κ1) is 19.5. The van der Waals surface area contributed by atoms with Gasteiger partial charge in [-0.3, -0.25) is 9.48 Å². The molecule has 1 aromatic rings. The Balaban J connectivity index is 2.03. The summed E-state index contributed by atoms with van der Waals surface area (Å²) in [6.07, 6.45) is -3.13. The molecule has 5 nitrogen and oxygen atoms in total. The molecular formula is C13H14F7N3O2. The minimum Gasteiger partial charge on any atom is -0.381 e. The fourth-order valence-electron chi connectivity index (χ4n) is 2.25. The van der Waals surface area contributed by atoms with E-state index in [0.29, 0.717) is 19.8 Å². The van der Waals surface area contributed by atoms with Gasteiger partial charge in [0.15, 0.2) is 0 Å². The van der Waals surface area contributed by atoms with Crippen molar-refractivity contribution in [2.45, 2.75) is 37.4 Å². The molecule has 1 saturated heterocycles. The first-order chi connectivity index (χ1) is 11.4. The predicted octanol–water partition coefficient (Wildman–Crippen LogP) is 3.08. The highest BCUT2D eigenvalue weighted by atomic mass is 19.4. The van der Waals surface area contributed by atoms with Gasteiger partial charge in [0, 0.05) is 26.0 Å². The van der Waals surface area contributed by atoms with Crippen LogP contribution in [0.25, 0.3) is 0 Å². The third-order valence-corrected chi connectivity index (χ3v) is 3.71. The lowest BCUT2D eigenvalue weighted by molar-refractivity contribution is -0.343. The van der Waals surface area contributed by atoms with E-state index in [1.54, 1.807) is 0 Å². The molecule has 0 spiro atoms. The molecule has 0 atom stereocenters. The number of hydrogen-bond acceptors (Lipinski definition) is 3. The number of ether oxygens (including phenoxy) is 1. The van der Waals surface area contributed by atoms with Crippen LogP contribution in [-0.4, -0.2) is 46.9 Å². The standard InChI is InChI=1S/C13H14F7N3O2/c14-11(15,12(16,17)13(18,19)20)10(24)22-9-5-21-23(7-9)6-8-1-3-25-4-2-8/h5,7-8H,1-4,6H2,(H,22,24). The van der Waals surface area contributed by atoms with Crippen LogP contribution in [0.5, 0.6) is 0 Å². The van der Waals surface area contributed by atoms with Crippen LogP contribution in [0.1, 0.15) is 12.8 Å². The van der Waals surface area contributed by atoms with Crippen LogP contribution in [0.4, 0.5) is 36.4 Å². The van der Waals surface area contributed by atoms with Crippen molar-refractivity contribution in [2.75, 3.05) is 18.5 Å². The van der Waals surface area contributed by atoms with E-state index < -0.39 is 29.6 Å². The normalized spacial score (nSPS) is 17.6. The molecule has 1 aromatic heterocycles. The molecule has 1 amide bonds. The molecule has 2 rings (SSSR count). The lowest BCUT2D eigenvalue weighted by atomic mass is 10.0. The maximum Gasteiger partial charge on any atom is 0.460 e. The number of rotatable bonds is 5. The van der Waals surface area contributed by atoms with Gasteiger partial charge < -0.3 is 10.1 Å². The van der Waals surface area contributed by atoms with E-state index in [2.05, 4.69) is 5.10 Å². The van der Waals surface area contributed by atoms with Gasteiger partial charge in [-0.25, -0.2) is 0 Å². The summed E-state index contributed by atoms with van der Waals surface area (Å²) in [6.45, 7) is 1.47. The molecular weight excluding hydrogens is 363 g/mol. The number of aromatic nitrogens is 2. The Kier molecular flexibility index (Phi) is 5.30. The quantitative estimate of drug-likeness (QED) is 0.803. The number of anilines is 1. The molecule has 2 heterocycles. The highest BCUT2D eigenvalue weighted by Gasteiger charge is 2.76. The van der Waals surface area contributed by atoms with E-state index in [9.17, 15) is 35.5 Å². The van der Waals surface area contributed by atoms with Crippen LogP contribution in [0, 0.1) is 5.92 Å². The molecule has 0 bridgehead atoms. The summed E-state index contributed by atoms with van der Waals surface area (Å²) in [5.41, 5.74) is -0.408. The zero-order valence-corrected chi connectivity index (χ0v) is 12.6. The van der Waals surface area contributed by atoms with Gasteiger partial charge in [0.05, 0.1) is 11.9 Å². The van der Waals surface area contributed by atoms with E-state index >= 15 is 0 Å². The molecule has 1 fully saturated rings. The van der Waals surface area contributed by atoms with E-state index in [0.717, 1.165) is 25.2 Å². The summed E-state index contributed by atoms with van der Waals surface area (Å²) >= 11 is 0. The van der Waals surface area contributed by atoms with E-state index in [1.807, 2.05) is 0 Å². The van der Waals surface area contributed by atoms with Crippen LogP contribution >= 0.6 is 0 Å². The lowest BCUT2D eigenvalue weighted by Gasteiger charge is -2.26. The number of carbonyl (C=O) groups excluding carboxylic acids is 1. The van der Waals surface area contributed by atoms with E-state index in [4.69, 9.17) is 4.74 Å². The third-order valence-electron chi connectivity index (χ3n) is 3.71. The van der Waals surface area contributed by atoms with Gasteiger partial charge >= 0.3 is 23.9 Å². The van der Waals surface area contributed by atoms with Gasteiger partial charge in [-0.1, -0.05) is 0 Å². The fourth-order valence-corrected chi connectivity index (χ4v) is 2.25. The number of halogens is 7. The topological polar surface area (TPSA) is 56.2 Å². The van der Waals surface area contributed by atoms with Crippen molar-refractivity contribution >= 4 is 11.6 Å². The number of nitrogens with one attached hydrogen (secondary N) is 1. The van der Waals surface area contributed by atoms with Crippen LogP contribution in [0.2, 0.25) is 0 Å². The second kappa shape index (κ2) is 6.81. The van der Waals surface area contributed by atoms with Crippen LogP contribution < -0.4 is 5.32 Å². The average molecular weight is 377 g/mol. The molecule has 142 valence electrons. The zero-order chi connectivity index (χ0) is 18.9. The number of nitrogens with zero attached hydrogens (tertiary/aromatic N) is 2. The largest absolute Gasteiger partial charge is 0.460 e. The second-order valence-electron chi connectivity index (χ2n) is 5.61. The van der Waals surface area contributed by atoms with Crippen molar-refractivity contribution in [3.63, 3.8) is 0 Å². The monoisotopic (exact) mass is 377 g/mol. The van der Waals surface area contributed by atoms with Gasteiger partial charge in [-0.05, 0) is 18.8 Å². The molecule has 0 aromatic carbocycles. The minimum atomic E-state index is -6.57. The predicted molar refractivity (Wildman–Crippen MR) is 70.3 cm³/mol. The van der Waals surface area contributed by atoms with Gasteiger partial charge in [0.1, 0.15) is 0 Å². The Hall–Kier alpha value is -1.85. The maximum absolute atomic E-state index is 13.2. The molecule has 0 unspecified atom stereocenters. The number of carbonyl (C=O) groups is 1. The first-order valence-corrected chi connectivity index (χ1v) is 7.19. The summed E-state index contributed by atoms with van der Waals surface area (Å²) in [7, 11) is 0. The molecule has 0 aliphatic carbocycles. The van der Waals surface area contributed by atoms with Crippen molar-refractivity contribution in [1.82, 2.24) is 9.78 Å². The highest BCUT2D eigenvalue weighted by molar-refractivity contribution is 5.96. The van der Waals surface area contributed by atoms with Crippen molar-refractivity contribution in [1.29, 1.82) is 0 Å². The Morgan fingerprint density at radius 3 is 2.36 bits per heavy atom. The van der Waals surface area contributed by atoms with Crippen molar-refractivity contribution in [3.8, 4) is 0 Å². The Morgan fingerprint density at radius 2 is 1.80 bits per heavy atom. The lowest BCUT2D eigenvalue weighted by Crippen LogP contribution is -2.57. The fraction of sp³-hybridized carbons (Fsp3) is 0.692. The number of alkyl halides is 7. The Labute approximate surface area is 137 Å². The van der Waals surface area contributed by atoms with Crippen molar-refractivity contribution in [2.24, 2.45) is 5.92 Å². The Bertz CT molecular complexity index is 609. The van der Waals surface area contributed by atoms with Crippen LogP contribution in [0.15, 0.2) is 12.4 Å². The van der Waals surface area contributed by atoms with E-state index in [-0.39, 0.29) is 5.92 Å². The molecule has 1 aliphatic heterocycles.